The van der Waals surface area contributed by atoms with Gasteiger partial charge in [0.15, 0.2) is 0 Å². The zero-order valence-electron chi connectivity index (χ0n) is 9.74. The van der Waals surface area contributed by atoms with Gasteiger partial charge in [-0.3, -0.25) is 4.68 Å². The van der Waals surface area contributed by atoms with Crippen molar-refractivity contribution in [2.24, 2.45) is 11.8 Å². The van der Waals surface area contributed by atoms with Gasteiger partial charge in [-0.25, -0.2) is 0 Å². The Morgan fingerprint density at radius 2 is 2.33 bits per heavy atom. The third-order valence-corrected chi connectivity index (χ3v) is 2.70. The topological polar surface area (TPSA) is 29.9 Å². The molecule has 3 nitrogen and oxygen atoms in total. The Kier molecular flexibility index (Phi) is 3.41. The van der Waals surface area contributed by atoms with E-state index in [-0.39, 0.29) is 0 Å². The zero-order valence-corrected chi connectivity index (χ0v) is 9.74. The molecule has 0 aliphatic heterocycles. The van der Waals surface area contributed by atoms with Crippen LogP contribution in [0.2, 0.25) is 0 Å². The summed E-state index contributed by atoms with van der Waals surface area (Å²) < 4.78 is 2.04. The summed E-state index contributed by atoms with van der Waals surface area (Å²) in [5.74, 6) is 1.62. The van der Waals surface area contributed by atoms with Crippen LogP contribution in [-0.2, 0) is 13.1 Å². The minimum Gasteiger partial charge on any atom is -0.312 e. The van der Waals surface area contributed by atoms with Gasteiger partial charge in [-0.2, -0.15) is 5.10 Å². The Labute approximate surface area is 91.9 Å². The van der Waals surface area contributed by atoms with E-state index in [4.69, 9.17) is 0 Å². The van der Waals surface area contributed by atoms with Crippen molar-refractivity contribution < 1.29 is 0 Å². The lowest BCUT2D eigenvalue weighted by Gasteiger charge is -2.03. The molecule has 3 heteroatoms. The molecule has 1 saturated carbocycles. The normalized spacial score (nSPS) is 16.2. The van der Waals surface area contributed by atoms with Gasteiger partial charge in [-0.05, 0) is 31.2 Å². The van der Waals surface area contributed by atoms with E-state index in [1.807, 2.05) is 10.9 Å². The van der Waals surface area contributed by atoms with Gasteiger partial charge in [-0.15, -0.1) is 0 Å². The van der Waals surface area contributed by atoms with Crippen LogP contribution in [0.25, 0.3) is 0 Å². The maximum Gasteiger partial charge on any atom is 0.0534 e. The summed E-state index contributed by atoms with van der Waals surface area (Å²) >= 11 is 0. The standard InChI is InChI=1S/C12H21N3/c1-10(2)8-15-9-12(7-14-15)6-13-5-11-3-4-11/h7,9-11,13H,3-6,8H2,1-2H3. The fourth-order valence-corrected chi connectivity index (χ4v) is 1.71. The van der Waals surface area contributed by atoms with Crippen LogP contribution in [0, 0.1) is 11.8 Å². The Hall–Kier alpha value is -0.830. The molecule has 1 heterocycles. The predicted octanol–water partition coefficient (Wildman–Crippen LogP) is 2.04. The quantitative estimate of drug-likeness (QED) is 0.773. The van der Waals surface area contributed by atoms with E-state index in [2.05, 4.69) is 30.5 Å². The van der Waals surface area contributed by atoms with Gasteiger partial charge < -0.3 is 5.32 Å². The molecular formula is C12H21N3. The van der Waals surface area contributed by atoms with Crippen LogP contribution in [0.5, 0.6) is 0 Å². The van der Waals surface area contributed by atoms with Crippen LogP contribution in [0.15, 0.2) is 12.4 Å². The minimum absolute atomic E-state index is 0.664. The summed E-state index contributed by atoms with van der Waals surface area (Å²) in [6, 6.07) is 0. The highest BCUT2D eigenvalue weighted by Gasteiger charge is 2.20. The molecule has 0 amide bonds. The fraction of sp³-hybridized carbons (Fsp3) is 0.750. The summed E-state index contributed by atoms with van der Waals surface area (Å²) in [5, 5.41) is 7.82. The number of aromatic nitrogens is 2. The highest BCUT2D eigenvalue weighted by atomic mass is 15.3. The van der Waals surface area contributed by atoms with Gasteiger partial charge >= 0.3 is 0 Å². The smallest absolute Gasteiger partial charge is 0.0534 e. The highest BCUT2D eigenvalue weighted by molar-refractivity contribution is 5.03. The second-order valence-electron chi connectivity index (χ2n) is 5.04. The average Bonchev–Trinajstić information content (AvgIpc) is 2.88. The lowest BCUT2D eigenvalue weighted by atomic mass is 10.2. The second-order valence-corrected chi connectivity index (χ2v) is 5.04. The van der Waals surface area contributed by atoms with Gasteiger partial charge in [0.25, 0.3) is 0 Å². The molecule has 0 spiro atoms. The third kappa shape index (κ3) is 3.67. The fourth-order valence-electron chi connectivity index (χ4n) is 1.71. The minimum atomic E-state index is 0.664. The molecule has 15 heavy (non-hydrogen) atoms. The molecule has 1 aromatic heterocycles. The van der Waals surface area contributed by atoms with Gasteiger partial charge in [0.1, 0.15) is 0 Å². The summed E-state index contributed by atoms with van der Waals surface area (Å²) in [5.41, 5.74) is 1.30. The van der Waals surface area contributed by atoms with Crippen LogP contribution in [0.4, 0.5) is 0 Å². The molecule has 0 bridgehead atoms. The monoisotopic (exact) mass is 207 g/mol. The molecule has 1 N–H and O–H groups in total. The van der Waals surface area contributed by atoms with Crippen molar-refractivity contribution in [1.82, 2.24) is 15.1 Å². The van der Waals surface area contributed by atoms with Crippen molar-refractivity contribution in [3.05, 3.63) is 18.0 Å². The molecule has 1 aliphatic rings. The van der Waals surface area contributed by atoms with E-state index in [1.54, 1.807) is 0 Å². The maximum atomic E-state index is 4.35. The molecule has 1 aliphatic carbocycles. The van der Waals surface area contributed by atoms with Crippen molar-refractivity contribution in [2.75, 3.05) is 6.54 Å². The number of nitrogens with one attached hydrogen (secondary N) is 1. The van der Waals surface area contributed by atoms with E-state index in [9.17, 15) is 0 Å². The van der Waals surface area contributed by atoms with E-state index in [1.165, 1.54) is 24.9 Å². The van der Waals surface area contributed by atoms with Gasteiger partial charge in [0.2, 0.25) is 0 Å². The van der Waals surface area contributed by atoms with Crippen molar-refractivity contribution in [3.63, 3.8) is 0 Å². The molecule has 1 fully saturated rings. The molecule has 0 aromatic carbocycles. The van der Waals surface area contributed by atoms with Crippen LogP contribution in [0.3, 0.4) is 0 Å². The SMILES string of the molecule is CC(C)Cn1cc(CNCC2CC2)cn1. The van der Waals surface area contributed by atoms with E-state index in [0.717, 1.165) is 19.0 Å². The molecule has 0 radical (unpaired) electrons. The van der Waals surface area contributed by atoms with Crippen molar-refractivity contribution in [2.45, 2.75) is 39.8 Å². The zero-order chi connectivity index (χ0) is 10.7. The first-order chi connectivity index (χ1) is 7.24. The number of hydrogen-bond acceptors (Lipinski definition) is 2. The summed E-state index contributed by atoms with van der Waals surface area (Å²) in [7, 11) is 0. The first-order valence-corrected chi connectivity index (χ1v) is 5.96. The third-order valence-electron chi connectivity index (χ3n) is 2.70. The molecule has 0 atom stereocenters. The molecule has 1 aromatic rings. The molecular weight excluding hydrogens is 186 g/mol. The first kappa shape index (κ1) is 10.7. The molecule has 0 saturated heterocycles. The van der Waals surface area contributed by atoms with Crippen molar-refractivity contribution in [1.29, 1.82) is 0 Å². The van der Waals surface area contributed by atoms with Crippen molar-refractivity contribution in [3.8, 4) is 0 Å². The van der Waals surface area contributed by atoms with E-state index >= 15 is 0 Å². The van der Waals surface area contributed by atoms with Crippen LogP contribution in [0.1, 0.15) is 32.3 Å². The van der Waals surface area contributed by atoms with Gasteiger partial charge in [0, 0.05) is 24.8 Å². The van der Waals surface area contributed by atoms with Crippen LogP contribution < -0.4 is 5.32 Å². The van der Waals surface area contributed by atoms with Gasteiger partial charge in [0.05, 0.1) is 6.20 Å². The van der Waals surface area contributed by atoms with Crippen LogP contribution >= 0.6 is 0 Å². The van der Waals surface area contributed by atoms with Crippen LogP contribution in [-0.4, -0.2) is 16.3 Å². The largest absolute Gasteiger partial charge is 0.312 e. The lowest BCUT2D eigenvalue weighted by molar-refractivity contribution is 0.482. The molecule has 84 valence electrons. The van der Waals surface area contributed by atoms with Crippen molar-refractivity contribution >= 4 is 0 Å². The maximum absolute atomic E-state index is 4.35. The number of rotatable bonds is 6. The predicted molar refractivity (Wildman–Crippen MR) is 61.5 cm³/mol. The Morgan fingerprint density at radius 3 is 3.00 bits per heavy atom. The Balaban J connectivity index is 1.73. The molecule has 2 rings (SSSR count). The van der Waals surface area contributed by atoms with E-state index in [0.29, 0.717) is 5.92 Å². The lowest BCUT2D eigenvalue weighted by Crippen LogP contribution is -2.15. The Morgan fingerprint density at radius 1 is 1.53 bits per heavy atom. The Bertz CT molecular complexity index is 300. The summed E-state index contributed by atoms with van der Waals surface area (Å²) in [4.78, 5) is 0. The number of nitrogens with zero attached hydrogens (tertiary/aromatic N) is 2. The number of hydrogen-bond donors (Lipinski definition) is 1. The summed E-state index contributed by atoms with van der Waals surface area (Å²) in [6.07, 6.45) is 6.96. The highest BCUT2D eigenvalue weighted by Crippen LogP contribution is 2.27. The summed E-state index contributed by atoms with van der Waals surface area (Å²) in [6.45, 7) is 7.59. The molecule has 0 unspecified atom stereocenters. The van der Waals surface area contributed by atoms with E-state index < -0.39 is 0 Å². The first-order valence-electron chi connectivity index (χ1n) is 5.96. The average molecular weight is 207 g/mol. The van der Waals surface area contributed by atoms with Gasteiger partial charge in [-0.1, -0.05) is 13.8 Å². The second kappa shape index (κ2) is 4.79.